The fourth-order valence-electron chi connectivity index (χ4n) is 5.30. The van der Waals surface area contributed by atoms with E-state index in [4.69, 9.17) is 28.6 Å². The van der Waals surface area contributed by atoms with Crippen molar-refractivity contribution in [2.24, 2.45) is 0 Å². The van der Waals surface area contributed by atoms with Gasteiger partial charge in [-0.1, -0.05) is 17.7 Å². The lowest BCUT2D eigenvalue weighted by Crippen LogP contribution is -2.37. The number of anilines is 1. The fourth-order valence-corrected chi connectivity index (χ4v) is 5.77. The molecule has 0 unspecified atom stereocenters. The lowest BCUT2D eigenvalue weighted by atomic mass is 9.96. The van der Waals surface area contributed by atoms with Gasteiger partial charge in [0.2, 0.25) is 0 Å². The Bertz CT molecular complexity index is 1160. The third-order valence-corrected chi connectivity index (χ3v) is 7.66. The number of hydrogen-bond acceptors (Lipinski definition) is 4. The molecule has 5 rings (SSSR count). The summed E-state index contributed by atoms with van der Waals surface area (Å²) in [6, 6.07) is 16.2. The zero-order chi connectivity index (χ0) is 24.4. The van der Waals surface area contributed by atoms with Crippen molar-refractivity contribution in [2.75, 3.05) is 37.7 Å². The van der Waals surface area contributed by atoms with Gasteiger partial charge in [-0.25, -0.2) is 0 Å². The molecule has 6 nitrogen and oxygen atoms in total. The molecule has 2 saturated heterocycles. The van der Waals surface area contributed by atoms with E-state index in [0.717, 1.165) is 57.2 Å². The first-order chi connectivity index (χ1) is 17.0. The van der Waals surface area contributed by atoms with Gasteiger partial charge in [-0.15, -0.1) is 0 Å². The molecule has 2 fully saturated rings. The Morgan fingerprint density at radius 3 is 2.57 bits per heavy atom. The monoisotopic (exact) mass is 509 g/mol. The molecule has 2 aromatic heterocycles. The number of rotatable bonds is 7. The van der Waals surface area contributed by atoms with Crippen LogP contribution in [-0.4, -0.2) is 52.4 Å². The predicted octanol–water partition coefficient (Wildman–Crippen LogP) is 5.05. The van der Waals surface area contributed by atoms with Gasteiger partial charge in [0.15, 0.2) is 5.11 Å². The Labute approximate surface area is 217 Å². The van der Waals surface area contributed by atoms with Crippen molar-refractivity contribution >= 4 is 34.6 Å². The number of nitrogens with zero attached hydrogens (tertiary/aromatic N) is 4. The first-order valence-electron chi connectivity index (χ1n) is 12.3. The molecular weight excluding hydrogens is 478 g/mol. The molecule has 0 radical (unpaired) electrons. The summed E-state index contributed by atoms with van der Waals surface area (Å²) < 4.78 is 7.94. The Balaban J connectivity index is 1.46. The largest absolute Gasteiger partial charge is 0.379 e. The Morgan fingerprint density at radius 1 is 1.09 bits per heavy atom. The van der Waals surface area contributed by atoms with Crippen LogP contribution in [0.5, 0.6) is 0 Å². The Morgan fingerprint density at radius 2 is 1.86 bits per heavy atom. The van der Waals surface area contributed by atoms with Crippen molar-refractivity contribution in [1.82, 2.24) is 19.8 Å². The molecule has 0 spiro atoms. The van der Waals surface area contributed by atoms with E-state index in [9.17, 15) is 0 Å². The van der Waals surface area contributed by atoms with Crippen LogP contribution in [0, 0.1) is 13.8 Å². The number of benzene rings is 1. The van der Waals surface area contributed by atoms with Gasteiger partial charge in [0, 0.05) is 54.5 Å². The van der Waals surface area contributed by atoms with Crippen molar-refractivity contribution in [3.8, 4) is 0 Å². The van der Waals surface area contributed by atoms with Crippen LogP contribution in [0.15, 0.2) is 54.7 Å². The number of morpholine rings is 1. The van der Waals surface area contributed by atoms with Gasteiger partial charge in [0.25, 0.3) is 0 Å². The normalized spacial score (nSPS) is 20.9. The van der Waals surface area contributed by atoms with E-state index in [-0.39, 0.29) is 12.1 Å². The van der Waals surface area contributed by atoms with E-state index >= 15 is 0 Å². The number of ether oxygens (including phenoxy) is 1. The second-order valence-corrected chi connectivity index (χ2v) is 10.1. The van der Waals surface area contributed by atoms with E-state index in [1.165, 1.54) is 17.0 Å². The lowest BCUT2D eigenvalue weighted by Gasteiger charge is -2.28. The highest BCUT2D eigenvalue weighted by atomic mass is 35.5. The molecule has 0 bridgehead atoms. The predicted molar refractivity (Wildman–Crippen MR) is 145 cm³/mol. The number of aromatic nitrogens is 2. The van der Waals surface area contributed by atoms with Crippen LogP contribution in [0.3, 0.4) is 0 Å². The number of pyridine rings is 1. The van der Waals surface area contributed by atoms with Gasteiger partial charge >= 0.3 is 0 Å². The molecule has 1 N–H and O–H groups in total. The number of thiocarbonyl (C=S) groups is 1. The first kappa shape index (κ1) is 24.3. The van der Waals surface area contributed by atoms with Gasteiger partial charge in [-0.2, -0.15) is 0 Å². The molecule has 2 atom stereocenters. The third kappa shape index (κ3) is 5.09. The minimum Gasteiger partial charge on any atom is -0.379 e. The molecule has 4 heterocycles. The van der Waals surface area contributed by atoms with Crippen LogP contribution in [0.25, 0.3) is 0 Å². The number of aryl methyl sites for hydroxylation is 1. The maximum Gasteiger partial charge on any atom is 0.174 e. The van der Waals surface area contributed by atoms with Crippen LogP contribution >= 0.6 is 23.8 Å². The molecule has 0 amide bonds. The molecule has 1 aromatic carbocycles. The molecule has 0 saturated carbocycles. The quantitative estimate of drug-likeness (QED) is 0.449. The molecule has 3 aromatic rings. The molecule has 2 aliphatic heterocycles. The lowest BCUT2D eigenvalue weighted by molar-refractivity contribution is 0.0369. The highest BCUT2D eigenvalue weighted by Gasteiger charge is 2.42. The molecular formula is C27H32ClN5OS. The minimum atomic E-state index is -0.0540. The zero-order valence-corrected chi connectivity index (χ0v) is 21.9. The SMILES string of the molecule is Cc1cc([C@@H]2[C@@H](c3ccccn3)NC(=S)N2c2ccc(Cl)cc2)c(C)n1CCCN1CCOCC1. The standard InChI is InChI=1S/C27H32ClN5OS/c1-19-18-23(20(2)32(19)13-5-12-31-14-16-34-17-15-31)26-25(24-6-3-4-11-29-24)30-27(35)33(26)22-9-7-21(28)8-10-22/h3-4,6-11,18,25-26H,5,12-17H2,1-2H3,(H,30,35)/t25-,26-/m1/s1. The van der Waals surface area contributed by atoms with E-state index in [2.05, 4.69) is 50.6 Å². The van der Waals surface area contributed by atoms with Gasteiger partial charge in [-0.05, 0) is 80.5 Å². The van der Waals surface area contributed by atoms with Crippen LogP contribution in [0.1, 0.15) is 41.1 Å². The highest BCUT2D eigenvalue weighted by Crippen LogP contribution is 2.43. The van der Waals surface area contributed by atoms with Gasteiger partial charge in [0.1, 0.15) is 0 Å². The summed E-state index contributed by atoms with van der Waals surface area (Å²) in [5, 5.41) is 4.97. The smallest absolute Gasteiger partial charge is 0.174 e. The maximum absolute atomic E-state index is 6.20. The summed E-state index contributed by atoms with van der Waals surface area (Å²) in [5.74, 6) is 0. The highest BCUT2D eigenvalue weighted by molar-refractivity contribution is 7.80. The molecule has 8 heteroatoms. The Kier molecular flexibility index (Phi) is 7.39. The van der Waals surface area contributed by atoms with Crippen molar-refractivity contribution in [3.05, 3.63) is 82.4 Å². The van der Waals surface area contributed by atoms with Crippen molar-refractivity contribution in [2.45, 2.75) is 38.9 Å². The van der Waals surface area contributed by atoms with Crippen LogP contribution in [0.4, 0.5) is 5.69 Å². The summed E-state index contributed by atoms with van der Waals surface area (Å²) >= 11 is 12.1. The average molecular weight is 510 g/mol. The fraction of sp³-hybridized carbons (Fsp3) is 0.407. The van der Waals surface area contributed by atoms with E-state index in [1.807, 2.05) is 42.6 Å². The molecule has 2 aliphatic rings. The van der Waals surface area contributed by atoms with E-state index in [0.29, 0.717) is 10.1 Å². The van der Waals surface area contributed by atoms with E-state index < -0.39 is 0 Å². The van der Waals surface area contributed by atoms with Crippen molar-refractivity contribution < 1.29 is 4.74 Å². The summed E-state index contributed by atoms with van der Waals surface area (Å²) in [5.41, 5.74) is 5.82. The van der Waals surface area contributed by atoms with Gasteiger partial charge in [0.05, 0.1) is 31.0 Å². The van der Waals surface area contributed by atoms with Crippen LogP contribution in [0.2, 0.25) is 5.02 Å². The molecule has 35 heavy (non-hydrogen) atoms. The van der Waals surface area contributed by atoms with Gasteiger partial charge < -0.3 is 19.5 Å². The topological polar surface area (TPSA) is 45.6 Å². The average Bonchev–Trinajstić information content (AvgIpc) is 3.36. The molecule has 184 valence electrons. The first-order valence-corrected chi connectivity index (χ1v) is 13.0. The zero-order valence-electron chi connectivity index (χ0n) is 20.3. The van der Waals surface area contributed by atoms with Gasteiger partial charge in [-0.3, -0.25) is 9.88 Å². The van der Waals surface area contributed by atoms with Crippen LogP contribution < -0.4 is 10.2 Å². The minimum absolute atomic E-state index is 0.0160. The second-order valence-electron chi connectivity index (χ2n) is 9.26. The Hall–Kier alpha value is -2.45. The van der Waals surface area contributed by atoms with E-state index in [1.54, 1.807) is 0 Å². The number of nitrogens with one attached hydrogen (secondary N) is 1. The molecule has 0 aliphatic carbocycles. The summed E-state index contributed by atoms with van der Waals surface area (Å²) in [6.07, 6.45) is 2.96. The summed E-state index contributed by atoms with van der Waals surface area (Å²) in [6.45, 7) is 10.3. The third-order valence-electron chi connectivity index (χ3n) is 7.09. The van der Waals surface area contributed by atoms with Crippen molar-refractivity contribution in [1.29, 1.82) is 0 Å². The summed E-state index contributed by atoms with van der Waals surface area (Å²) in [4.78, 5) is 9.39. The second kappa shape index (κ2) is 10.7. The maximum atomic E-state index is 6.20. The number of hydrogen-bond donors (Lipinski definition) is 1. The van der Waals surface area contributed by atoms with Crippen LogP contribution in [-0.2, 0) is 11.3 Å². The van der Waals surface area contributed by atoms with Crippen molar-refractivity contribution in [3.63, 3.8) is 0 Å². The summed E-state index contributed by atoms with van der Waals surface area (Å²) in [7, 11) is 0. The number of halogens is 1.